The van der Waals surface area contributed by atoms with Crippen LogP contribution in [-0.4, -0.2) is 38.1 Å². The van der Waals surface area contributed by atoms with Gasteiger partial charge in [0.25, 0.3) is 0 Å². The smallest absolute Gasteiger partial charge is 0.164 e. The topological polar surface area (TPSA) is 67.3 Å². The molecule has 7 nitrogen and oxygen atoms in total. The zero-order chi connectivity index (χ0) is 21.9. The van der Waals surface area contributed by atoms with Crippen molar-refractivity contribution >= 4 is 18.8 Å². The number of hydrogen-bond donors (Lipinski definition) is 3. The summed E-state index contributed by atoms with van der Waals surface area (Å²) in [6.07, 6.45) is 1.57. The van der Waals surface area contributed by atoms with Crippen molar-refractivity contribution in [2.24, 2.45) is 5.10 Å². The van der Waals surface area contributed by atoms with Crippen LogP contribution in [0.15, 0.2) is 41.5 Å². The summed E-state index contributed by atoms with van der Waals surface area (Å²) in [5, 5.41) is 6.53. The molecule has 0 amide bonds. The second-order valence-corrected chi connectivity index (χ2v) is 8.50. The van der Waals surface area contributed by atoms with Crippen LogP contribution in [0.5, 0.6) is 17.2 Å². The molecule has 0 radical (unpaired) electrons. The Kier molecular flexibility index (Phi) is 6.80. The van der Waals surface area contributed by atoms with Gasteiger partial charge in [-0.15, -0.1) is 12.6 Å². The van der Waals surface area contributed by atoms with Crippen molar-refractivity contribution in [1.29, 1.82) is 0 Å². The van der Waals surface area contributed by atoms with Crippen LogP contribution in [0.4, 0.5) is 0 Å². The molecule has 162 valence electrons. The molecule has 1 aliphatic heterocycles. The van der Waals surface area contributed by atoms with E-state index in [4.69, 9.17) is 14.2 Å². The molecule has 3 rings (SSSR count). The van der Waals surface area contributed by atoms with E-state index < -0.39 is 0 Å². The highest BCUT2D eigenvalue weighted by Crippen LogP contribution is 2.34. The Hall–Kier alpha value is -2.42. The van der Waals surface area contributed by atoms with Gasteiger partial charge in [0, 0.05) is 11.6 Å². The Morgan fingerprint density at radius 2 is 1.53 bits per heavy atom. The molecule has 0 bridgehead atoms. The number of hydrazone groups is 1. The van der Waals surface area contributed by atoms with Crippen molar-refractivity contribution in [3.05, 3.63) is 53.1 Å². The number of hydrogen-bond acceptors (Lipinski definition) is 8. The van der Waals surface area contributed by atoms with Gasteiger partial charge in [0.15, 0.2) is 17.0 Å². The fourth-order valence-corrected chi connectivity index (χ4v) is 3.51. The van der Waals surface area contributed by atoms with Crippen LogP contribution >= 0.6 is 12.6 Å². The first-order chi connectivity index (χ1) is 14.3. The molecular weight excluding hydrogens is 400 g/mol. The summed E-state index contributed by atoms with van der Waals surface area (Å²) in [5.74, 6) is 1.84. The Morgan fingerprint density at radius 1 is 0.933 bits per heavy atom. The predicted molar refractivity (Wildman–Crippen MR) is 122 cm³/mol. The van der Waals surface area contributed by atoms with Crippen molar-refractivity contribution < 1.29 is 14.2 Å². The monoisotopic (exact) mass is 430 g/mol. The van der Waals surface area contributed by atoms with E-state index in [1.165, 1.54) is 5.56 Å². The molecule has 1 saturated heterocycles. The van der Waals surface area contributed by atoms with Crippen LogP contribution in [0.1, 0.15) is 43.6 Å². The molecule has 0 aromatic heterocycles. The van der Waals surface area contributed by atoms with Crippen LogP contribution < -0.4 is 25.1 Å². The number of rotatable bonds is 6. The summed E-state index contributed by atoms with van der Waals surface area (Å²) < 4.78 is 16.2. The Labute approximate surface area is 183 Å². The number of nitrogens with zero attached hydrogens (tertiary/aromatic N) is 2. The van der Waals surface area contributed by atoms with Gasteiger partial charge in [-0.1, -0.05) is 45.0 Å². The molecule has 30 heavy (non-hydrogen) atoms. The van der Waals surface area contributed by atoms with Crippen molar-refractivity contribution in [2.45, 2.75) is 37.8 Å². The molecule has 0 spiro atoms. The van der Waals surface area contributed by atoms with Gasteiger partial charge in [0.1, 0.15) is 11.9 Å². The van der Waals surface area contributed by atoms with Crippen LogP contribution in [0.3, 0.4) is 0 Å². The molecule has 2 N–H and O–H groups in total. The van der Waals surface area contributed by atoms with Gasteiger partial charge >= 0.3 is 0 Å². The molecule has 1 fully saturated rings. The number of hydrazine groups is 1. The minimum atomic E-state index is -0.292. The molecule has 1 heterocycles. The highest BCUT2D eigenvalue weighted by atomic mass is 32.1. The highest BCUT2D eigenvalue weighted by molar-refractivity contribution is 7.80. The van der Waals surface area contributed by atoms with Crippen LogP contribution in [0.25, 0.3) is 0 Å². The molecule has 2 aromatic carbocycles. The number of ether oxygens (including phenoxy) is 3. The maximum Gasteiger partial charge on any atom is 0.164 e. The number of methoxy groups -OCH3 is 3. The van der Waals surface area contributed by atoms with Crippen molar-refractivity contribution in [3.63, 3.8) is 0 Å². The van der Waals surface area contributed by atoms with E-state index in [9.17, 15) is 0 Å². The molecule has 2 atom stereocenters. The van der Waals surface area contributed by atoms with Gasteiger partial charge < -0.3 is 14.2 Å². The summed E-state index contributed by atoms with van der Waals surface area (Å²) in [5.41, 5.74) is 9.32. The minimum Gasteiger partial charge on any atom is -0.496 e. The second kappa shape index (κ2) is 9.16. The predicted octanol–water partition coefficient (Wildman–Crippen LogP) is 3.67. The second-order valence-electron chi connectivity index (χ2n) is 8.01. The quantitative estimate of drug-likeness (QED) is 0.480. The van der Waals surface area contributed by atoms with E-state index in [-0.39, 0.29) is 17.1 Å². The summed E-state index contributed by atoms with van der Waals surface area (Å²) in [4.78, 5) is 0. The first-order valence-electron chi connectivity index (χ1n) is 9.70. The first-order valence-corrected chi connectivity index (χ1v) is 10.2. The lowest BCUT2D eigenvalue weighted by Gasteiger charge is -2.24. The van der Waals surface area contributed by atoms with E-state index in [0.717, 1.165) is 11.1 Å². The van der Waals surface area contributed by atoms with Gasteiger partial charge in [-0.05, 0) is 22.6 Å². The fraction of sp³-hybridized carbons (Fsp3) is 0.409. The van der Waals surface area contributed by atoms with Gasteiger partial charge in [-0.2, -0.15) is 5.10 Å². The third-order valence-electron chi connectivity index (χ3n) is 5.02. The molecular formula is C22H30N4O3S. The van der Waals surface area contributed by atoms with Gasteiger partial charge in [0.2, 0.25) is 0 Å². The summed E-state index contributed by atoms with van der Waals surface area (Å²) in [6.45, 7) is 6.61. The normalized spacial score (nSPS) is 19.4. The number of benzene rings is 2. The number of thiol groups is 1. The SMILES string of the molecule is COc1cc(OC)c(OC)cc1C=NN1C(S)NNC1c1ccc(C(C)(C)C)cc1. The van der Waals surface area contributed by atoms with E-state index in [1.54, 1.807) is 33.6 Å². The van der Waals surface area contributed by atoms with E-state index >= 15 is 0 Å². The summed E-state index contributed by atoms with van der Waals surface area (Å²) >= 11 is 4.59. The maximum atomic E-state index is 5.49. The maximum absolute atomic E-state index is 5.49. The molecule has 1 aliphatic rings. The molecule has 8 heteroatoms. The molecule has 2 aromatic rings. The third-order valence-corrected chi connectivity index (χ3v) is 5.39. The van der Waals surface area contributed by atoms with E-state index in [2.05, 4.69) is 73.6 Å². The minimum absolute atomic E-state index is 0.105. The largest absolute Gasteiger partial charge is 0.496 e. The van der Waals surface area contributed by atoms with Crippen LogP contribution in [-0.2, 0) is 5.41 Å². The fourth-order valence-electron chi connectivity index (χ4n) is 3.24. The Morgan fingerprint density at radius 3 is 2.10 bits per heavy atom. The summed E-state index contributed by atoms with van der Waals surface area (Å²) in [6, 6.07) is 12.2. The molecule has 0 saturated carbocycles. The van der Waals surface area contributed by atoms with Gasteiger partial charge in [0.05, 0.1) is 27.5 Å². The molecule has 0 aliphatic carbocycles. The van der Waals surface area contributed by atoms with Crippen molar-refractivity contribution in [2.75, 3.05) is 21.3 Å². The van der Waals surface area contributed by atoms with Gasteiger partial charge in [-0.3, -0.25) is 0 Å². The van der Waals surface area contributed by atoms with Crippen molar-refractivity contribution in [3.8, 4) is 17.2 Å². The van der Waals surface area contributed by atoms with E-state index in [1.807, 2.05) is 11.1 Å². The average Bonchev–Trinajstić information content (AvgIpc) is 3.11. The lowest BCUT2D eigenvalue weighted by atomic mass is 9.86. The Balaban J connectivity index is 1.88. The van der Waals surface area contributed by atoms with Crippen LogP contribution in [0, 0.1) is 0 Å². The highest BCUT2D eigenvalue weighted by Gasteiger charge is 2.31. The van der Waals surface area contributed by atoms with Crippen LogP contribution in [0.2, 0.25) is 0 Å². The zero-order valence-corrected chi connectivity index (χ0v) is 19.2. The Bertz CT molecular complexity index is 896. The van der Waals surface area contributed by atoms with Gasteiger partial charge in [-0.25, -0.2) is 15.9 Å². The summed E-state index contributed by atoms with van der Waals surface area (Å²) in [7, 11) is 4.80. The molecule has 2 unspecified atom stereocenters. The zero-order valence-electron chi connectivity index (χ0n) is 18.3. The van der Waals surface area contributed by atoms with Crippen molar-refractivity contribution in [1.82, 2.24) is 15.9 Å². The average molecular weight is 431 g/mol. The lowest BCUT2D eigenvalue weighted by Crippen LogP contribution is -2.28. The third kappa shape index (κ3) is 4.66. The lowest BCUT2D eigenvalue weighted by molar-refractivity contribution is 0.243. The standard InChI is InChI=1S/C22H30N4O3S/c1-22(2,3)16-9-7-14(8-10-16)20-24-25-21(30)26(20)23-13-15-11-18(28-5)19(29-6)12-17(15)27-4/h7-13,20-21,24-25,30H,1-6H3. The first kappa shape index (κ1) is 22.3. The number of nitrogens with one attached hydrogen (secondary N) is 2. The van der Waals surface area contributed by atoms with E-state index in [0.29, 0.717) is 17.2 Å².